The highest BCUT2D eigenvalue weighted by molar-refractivity contribution is 6.30. The van der Waals surface area contributed by atoms with Crippen LogP contribution >= 0.6 is 11.6 Å². The molecule has 0 aliphatic heterocycles. The monoisotopic (exact) mass is 401 g/mol. The van der Waals surface area contributed by atoms with Crippen LogP contribution in [0.25, 0.3) is 11.0 Å². The third-order valence-corrected chi connectivity index (χ3v) is 4.40. The number of hydrogen-bond acceptors (Lipinski definition) is 5. The molecule has 0 unspecified atom stereocenters. The van der Waals surface area contributed by atoms with E-state index >= 15 is 0 Å². The predicted octanol–water partition coefficient (Wildman–Crippen LogP) is 2.51. The summed E-state index contributed by atoms with van der Waals surface area (Å²) in [6.07, 6.45) is -0.124. The molecule has 3 aromatic rings. The van der Waals surface area contributed by atoms with E-state index in [0.717, 1.165) is 0 Å². The van der Waals surface area contributed by atoms with Gasteiger partial charge in [0, 0.05) is 29.0 Å². The summed E-state index contributed by atoms with van der Waals surface area (Å²) < 4.78 is 5.02. The zero-order chi connectivity index (χ0) is 20.3. The van der Waals surface area contributed by atoms with Crippen LogP contribution in [0.5, 0.6) is 5.75 Å². The summed E-state index contributed by atoms with van der Waals surface area (Å²) >= 11 is 5.82. The van der Waals surface area contributed by atoms with E-state index in [9.17, 15) is 24.6 Å². The second-order valence-electron chi connectivity index (χ2n) is 6.24. The standard InChI is InChI=1S/C20H16ClNO6/c21-13-3-1-11(2-4-13)7-16(20(26)27)22-18(24)8-12-9-19(25)28-17-10-14(23)5-6-15(12)17/h1-6,9-10,16,23H,7-8H2,(H,22,24)(H,26,27)/t16-/m0/s1. The minimum atomic E-state index is -1.18. The van der Waals surface area contributed by atoms with Crippen LogP contribution in [0, 0.1) is 0 Å². The Kier molecular flexibility index (Phi) is 5.65. The summed E-state index contributed by atoms with van der Waals surface area (Å²) in [5.41, 5.74) is 0.556. The number of aliphatic carboxylic acids is 1. The Morgan fingerprint density at radius 1 is 1.11 bits per heavy atom. The molecular formula is C20H16ClNO6. The SMILES string of the molecule is O=C(Cc1cc(=O)oc2cc(O)ccc12)N[C@@H](Cc1ccc(Cl)cc1)C(=O)O. The number of carboxylic acids is 1. The maximum atomic E-state index is 12.4. The largest absolute Gasteiger partial charge is 0.508 e. The Bertz CT molecular complexity index is 1090. The summed E-state index contributed by atoms with van der Waals surface area (Å²) in [7, 11) is 0. The number of amides is 1. The fraction of sp³-hybridized carbons (Fsp3) is 0.150. The van der Waals surface area contributed by atoms with Crippen molar-refractivity contribution in [2.45, 2.75) is 18.9 Å². The highest BCUT2D eigenvalue weighted by Crippen LogP contribution is 2.22. The van der Waals surface area contributed by atoms with E-state index in [4.69, 9.17) is 16.0 Å². The van der Waals surface area contributed by atoms with E-state index in [1.54, 1.807) is 24.3 Å². The zero-order valence-electron chi connectivity index (χ0n) is 14.5. The topological polar surface area (TPSA) is 117 Å². The maximum absolute atomic E-state index is 12.4. The molecule has 0 bridgehead atoms. The Morgan fingerprint density at radius 2 is 1.82 bits per heavy atom. The third-order valence-electron chi connectivity index (χ3n) is 4.15. The van der Waals surface area contributed by atoms with Gasteiger partial charge in [-0.05, 0) is 35.4 Å². The quantitative estimate of drug-likeness (QED) is 0.546. The van der Waals surface area contributed by atoms with Gasteiger partial charge in [0.2, 0.25) is 5.91 Å². The molecule has 8 heteroatoms. The van der Waals surface area contributed by atoms with Crippen molar-refractivity contribution in [2.24, 2.45) is 0 Å². The number of hydrogen-bond donors (Lipinski definition) is 3. The van der Waals surface area contributed by atoms with Crippen molar-refractivity contribution in [3.05, 3.63) is 75.1 Å². The maximum Gasteiger partial charge on any atom is 0.336 e. The molecule has 1 atom stereocenters. The highest BCUT2D eigenvalue weighted by atomic mass is 35.5. The first-order chi connectivity index (χ1) is 13.3. The molecule has 0 saturated heterocycles. The number of rotatable bonds is 6. The van der Waals surface area contributed by atoms with Crippen LogP contribution in [0.15, 0.2) is 57.7 Å². The van der Waals surface area contributed by atoms with E-state index < -0.39 is 23.5 Å². The summed E-state index contributed by atoms with van der Waals surface area (Å²) in [5, 5.41) is 22.4. The van der Waals surface area contributed by atoms with E-state index in [2.05, 4.69) is 5.32 Å². The number of carbonyl (C=O) groups excluding carboxylic acids is 1. The van der Waals surface area contributed by atoms with Gasteiger partial charge >= 0.3 is 11.6 Å². The number of nitrogens with one attached hydrogen (secondary N) is 1. The zero-order valence-corrected chi connectivity index (χ0v) is 15.3. The normalized spacial score (nSPS) is 11.9. The van der Waals surface area contributed by atoms with Crippen molar-refractivity contribution >= 4 is 34.4 Å². The van der Waals surface area contributed by atoms with Crippen LogP contribution in [-0.4, -0.2) is 28.1 Å². The first-order valence-corrected chi connectivity index (χ1v) is 8.72. The number of benzene rings is 2. The number of phenols is 1. The molecule has 0 radical (unpaired) electrons. The minimum absolute atomic E-state index is 0.0776. The predicted molar refractivity (Wildman–Crippen MR) is 103 cm³/mol. The lowest BCUT2D eigenvalue weighted by molar-refractivity contribution is -0.141. The van der Waals surface area contributed by atoms with Crippen molar-refractivity contribution in [3.63, 3.8) is 0 Å². The molecule has 1 heterocycles. The molecule has 3 N–H and O–H groups in total. The average molecular weight is 402 g/mol. The fourth-order valence-corrected chi connectivity index (χ4v) is 2.97. The number of halogens is 1. The molecule has 0 aliphatic carbocycles. The smallest absolute Gasteiger partial charge is 0.336 e. The molecule has 0 aliphatic rings. The van der Waals surface area contributed by atoms with Gasteiger partial charge in [0.15, 0.2) is 0 Å². The van der Waals surface area contributed by atoms with Crippen molar-refractivity contribution in [1.29, 1.82) is 0 Å². The molecule has 7 nitrogen and oxygen atoms in total. The Hall–Kier alpha value is -3.32. The molecular weight excluding hydrogens is 386 g/mol. The van der Waals surface area contributed by atoms with E-state index in [1.165, 1.54) is 24.3 Å². The van der Waals surface area contributed by atoms with Crippen LogP contribution < -0.4 is 10.9 Å². The first-order valence-electron chi connectivity index (χ1n) is 8.34. The van der Waals surface area contributed by atoms with Gasteiger partial charge in [0.1, 0.15) is 17.4 Å². The lowest BCUT2D eigenvalue weighted by atomic mass is 10.0. The van der Waals surface area contributed by atoms with Gasteiger partial charge in [-0.25, -0.2) is 9.59 Å². The number of carboxylic acid groups (broad SMARTS) is 1. The number of carbonyl (C=O) groups is 2. The second-order valence-corrected chi connectivity index (χ2v) is 6.67. The van der Waals surface area contributed by atoms with Gasteiger partial charge in [0.05, 0.1) is 6.42 Å². The average Bonchev–Trinajstić information content (AvgIpc) is 2.62. The van der Waals surface area contributed by atoms with Crippen molar-refractivity contribution in [3.8, 4) is 5.75 Å². The second kappa shape index (κ2) is 8.14. The lowest BCUT2D eigenvalue weighted by Crippen LogP contribution is -2.43. The fourth-order valence-electron chi connectivity index (χ4n) is 2.84. The Labute approximate surface area is 164 Å². The molecule has 2 aromatic carbocycles. The molecule has 1 amide bonds. The van der Waals surface area contributed by atoms with Gasteiger partial charge in [-0.15, -0.1) is 0 Å². The number of fused-ring (bicyclic) bond motifs is 1. The van der Waals surface area contributed by atoms with E-state index in [0.29, 0.717) is 21.5 Å². The molecule has 0 spiro atoms. The van der Waals surface area contributed by atoms with Gasteiger partial charge in [-0.2, -0.15) is 0 Å². The third kappa shape index (κ3) is 4.69. The number of aromatic hydroxyl groups is 1. The van der Waals surface area contributed by atoms with Crippen molar-refractivity contribution in [1.82, 2.24) is 5.32 Å². The lowest BCUT2D eigenvalue weighted by Gasteiger charge is -2.15. The molecule has 144 valence electrons. The number of phenolic OH excluding ortho intramolecular Hbond substituents is 1. The van der Waals surface area contributed by atoms with Crippen LogP contribution in [-0.2, 0) is 22.4 Å². The van der Waals surface area contributed by atoms with E-state index in [-0.39, 0.29) is 24.2 Å². The van der Waals surface area contributed by atoms with Gasteiger partial charge in [-0.1, -0.05) is 23.7 Å². The molecule has 1 aromatic heterocycles. The molecule has 3 rings (SSSR count). The summed E-state index contributed by atoms with van der Waals surface area (Å²) in [6.45, 7) is 0. The molecule has 0 fully saturated rings. The van der Waals surface area contributed by atoms with Crippen LogP contribution in [0.4, 0.5) is 0 Å². The van der Waals surface area contributed by atoms with Crippen LogP contribution in [0.3, 0.4) is 0 Å². The Morgan fingerprint density at radius 3 is 2.50 bits per heavy atom. The first kappa shape index (κ1) is 19.4. The Balaban J connectivity index is 1.78. The summed E-state index contributed by atoms with van der Waals surface area (Å²) in [5.74, 6) is -1.81. The highest BCUT2D eigenvalue weighted by Gasteiger charge is 2.21. The van der Waals surface area contributed by atoms with Crippen molar-refractivity contribution in [2.75, 3.05) is 0 Å². The van der Waals surface area contributed by atoms with Crippen molar-refractivity contribution < 1.29 is 24.2 Å². The van der Waals surface area contributed by atoms with Gasteiger partial charge in [0.25, 0.3) is 0 Å². The van der Waals surface area contributed by atoms with E-state index in [1.807, 2.05) is 0 Å². The van der Waals surface area contributed by atoms with Gasteiger partial charge < -0.3 is 19.9 Å². The minimum Gasteiger partial charge on any atom is -0.508 e. The van der Waals surface area contributed by atoms with Crippen LogP contribution in [0.1, 0.15) is 11.1 Å². The van der Waals surface area contributed by atoms with Gasteiger partial charge in [-0.3, -0.25) is 4.79 Å². The van der Waals surface area contributed by atoms with Crippen LogP contribution in [0.2, 0.25) is 5.02 Å². The molecule has 0 saturated carbocycles. The summed E-state index contributed by atoms with van der Waals surface area (Å²) in [4.78, 5) is 35.7. The molecule has 28 heavy (non-hydrogen) atoms. The summed E-state index contributed by atoms with van der Waals surface area (Å²) in [6, 6.07) is 10.9.